The molecule has 0 bridgehead atoms. The Labute approximate surface area is 154 Å². The van der Waals surface area contributed by atoms with Gasteiger partial charge in [0.2, 0.25) is 11.8 Å². The maximum absolute atomic E-state index is 13.1. The van der Waals surface area contributed by atoms with Crippen molar-refractivity contribution in [1.29, 1.82) is 0 Å². The standard InChI is InChI=1S/C19H17F2N3O3/c20-13-3-1-12(2-4-13)19(27)24-10-9-22-18(26)16(24)11-17(25)23-15-7-5-14(21)6-8-15/h1-8,16H,9-11H2,(H,22,26)(H,23,25)/t16-/m1/s1. The lowest BCUT2D eigenvalue weighted by Crippen LogP contribution is -2.58. The zero-order chi connectivity index (χ0) is 19.4. The molecule has 0 unspecified atom stereocenters. The summed E-state index contributed by atoms with van der Waals surface area (Å²) in [7, 11) is 0. The van der Waals surface area contributed by atoms with Crippen molar-refractivity contribution in [3.8, 4) is 0 Å². The summed E-state index contributed by atoms with van der Waals surface area (Å²) in [5, 5.41) is 5.20. The number of piperazine rings is 1. The molecule has 1 aliphatic heterocycles. The highest BCUT2D eigenvalue weighted by atomic mass is 19.1. The summed E-state index contributed by atoms with van der Waals surface area (Å²) in [5.74, 6) is -2.29. The molecule has 8 heteroatoms. The van der Waals surface area contributed by atoms with Crippen LogP contribution in [0.25, 0.3) is 0 Å². The van der Waals surface area contributed by atoms with Crippen LogP contribution in [0.15, 0.2) is 48.5 Å². The van der Waals surface area contributed by atoms with Gasteiger partial charge in [-0.05, 0) is 48.5 Å². The molecule has 1 fully saturated rings. The van der Waals surface area contributed by atoms with E-state index in [-0.39, 0.29) is 25.1 Å². The number of halogens is 2. The highest BCUT2D eigenvalue weighted by Gasteiger charge is 2.35. The molecule has 1 atom stereocenters. The first kappa shape index (κ1) is 18.5. The van der Waals surface area contributed by atoms with Crippen molar-refractivity contribution in [3.63, 3.8) is 0 Å². The zero-order valence-electron chi connectivity index (χ0n) is 14.2. The number of hydrogen-bond acceptors (Lipinski definition) is 3. The van der Waals surface area contributed by atoms with Crippen molar-refractivity contribution in [2.24, 2.45) is 0 Å². The summed E-state index contributed by atoms with van der Waals surface area (Å²) < 4.78 is 26.0. The second-order valence-corrected chi connectivity index (χ2v) is 6.07. The van der Waals surface area contributed by atoms with Gasteiger partial charge in [-0.3, -0.25) is 14.4 Å². The molecule has 0 saturated carbocycles. The monoisotopic (exact) mass is 373 g/mol. The van der Waals surface area contributed by atoms with Gasteiger partial charge < -0.3 is 15.5 Å². The van der Waals surface area contributed by atoms with Gasteiger partial charge in [-0.25, -0.2) is 8.78 Å². The van der Waals surface area contributed by atoms with Gasteiger partial charge in [0, 0.05) is 24.3 Å². The highest BCUT2D eigenvalue weighted by molar-refractivity contribution is 6.01. The van der Waals surface area contributed by atoms with Crippen LogP contribution < -0.4 is 10.6 Å². The number of rotatable bonds is 4. The zero-order valence-corrected chi connectivity index (χ0v) is 14.2. The maximum atomic E-state index is 13.1. The van der Waals surface area contributed by atoms with Gasteiger partial charge in [0.05, 0.1) is 6.42 Å². The minimum absolute atomic E-state index is 0.232. The minimum Gasteiger partial charge on any atom is -0.353 e. The Hall–Kier alpha value is -3.29. The predicted octanol–water partition coefficient (Wildman–Crippen LogP) is 1.93. The van der Waals surface area contributed by atoms with Gasteiger partial charge in [0.25, 0.3) is 5.91 Å². The normalized spacial score (nSPS) is 16.6. The Morgan fingerprint density at radius 2 is 1.63 bits per heavy atom. The highest BCUT2D eigenvalue weighted by Crippen LogP contribution is 2.16. The molecular weight excluding hydrogens is 356 g/mol. The number of carbonyl (C=O) groups is 3. The van der Waals surface area contributed by atoms with Crippen LogP contribution >= 0.6 is 0 Å². The number of benzene rings is 2. The van der Waals surface area contributed by atoms with Gasteiger partial charge >= 0.3 is 0 Å². The second kappa shape index (κ2) is 7.94. The summed E-state index contributed by atoms with van der Waals surface area (Å²) in [6.07, 6.45) is -0.254. The molecule has 6 nitrogen and oxygen atoms in total. The van der Waals surface area contributed by atoms with E-state index in [1.54, 1.807) is 0 Å². The fourth-order valence-corrected chi connectivity index (χ4v) is 2.84. The summed E-state index contributed by atoms with van der Waals surface area (Å²) in [6, 6.07) is 9.20. The van der Waals surface area contributed by atoms with Crippen molar-refractivity contribution >= 4 is 23.4 Å². The SMILES string of the molecule is O=C(C[C@@H]1C(=O)NCCN1C(=O)c1ccc(F)cc1)Nc1ccc(F)cc1. The first-order valence-electron chi connectivity index (χ1n) is 8.34. The summed E-state index contributed by atoms with van der Waals surface area (Å²) in [5.41, 5.74) is 0.615. The Bertz CT molecular complexity index is 854. The van der Waals surface area contributed by atoms with E-state index in [0.29, 0.717) is 5.69 Å². The van der Waals surface area contributed by atoms with E-state index >= 15 is 0 Å². The van der Waals surface area contributed by atoms with Crippen LogP contribution in [0.5, 0.6) is 0 Å². The van der Waals surface area contributed by atoms with Crippen LogP contribution in [0, 0.1) is 11.6 Å². The van der Waals surface area contributed by atoms with E-state index < -0.39 is 35.4 Å². The van der Waals surface area contributed by atoms with Gasteiger partial charge in [-0.15, -0.1) is 0 Å². The molecule has 27 heavy (non-hydrogen) atoms. The molecule has 0 aromatic heterocycles. The molecule has 1 saturated heterocycles. The summed E-state index contributed by atoms with van der Waals surface area (Å²) >= 11 is 0. The smallest absolute Gasteiger partial charge is 0.254 e. The van der Waals surface area contributed by atoms with Gasteiger partial charge in [-0.2, -0.15) is 0 Å². The molecule has 1 heterocycles. The molecular formula is C19H17F2N3O3. The lowest BCUT2D eigenvalue weighted by atomic mass is 10.1. The molecule has 0 spiro atoms. The minimum atomic E-state index is -0.989. The number of nitrogens with one attached hydrogen (secondary N) is 2. The van der Waals surface area contributed by atoms with Crippen LogP contribution in [-0.2, 0) is 9.59 Å². The lowest BCUT2D eigenvalue weighted by Gasteiger charge is -2.34. The molecule has 0 radical (unpaired) electrons. The van der Waals surface area contributed by atoms with E-state index in [1.165, 1.54) is 41.3 Å². The van der Waals surface area contributed by atoms with E-state index in [2.05, 4.69) is 10.6 Å². The quantitative estimate of drug-likeness (QED) is 0.860. The van der Waals surface area contributed by atoms with Crippen molar-refractivity contribution < 1.29 is 23.2 Å². The van der Waals surface area contributed by atoms with Crippen molar-refractivity contribution in [2.45, 2.75) is 12.5 Å². The first-order valence-corrected chi connectivity index (χ1v) is 8.34. The largest absolute Gasteiger partial charge is 0.353 e. The summed E-state index contributed by atoms with van der Waals surface area (Å²) in [4.78, 5) is 38.5. The molecule has 140 valence electrons. The van der Waals surface area contributed by atoms with E-state index in [1.807, 2.05) is 0 Å². The number of nitrogens with zero attached hydrogens (tertiary/aromatic N) is 1. The lowest BCUT2D eigenvalue weighted by molar-refractivity contribution is -0.131. The Morgan fingerprint density at radius 1 is 1.04 bits per heavy atom. The van der Waals surface area contributed by atoms with Crippen molar-refractivity contribution in [1.82, 2.24) is 10.2 Å². The van der Waals surface area contributed by atoms with Gasteiger partial charge in [-0.1, -0.05) is 0 Å². The fourth-order valence-electron chi connectivity index (χ4n) is 2.84. The average Bonchev–Trinajstić information content (AvgIpc) is 2.65. The van der Waals surface area contributed by atoms with Gasteiger partial charge in [0.15, 0.2) is 0 Å². The van der Waals surface area contributed by atoms with E-state index in [9.17, 15) is 23.2 Å². The molecule has 0 aliphatic carbocycles. The second-order valence-electron chi connectivity index (χ2n) is 6.07. The third-order valence-electron chi connectivity index (χ3n) is 4.19. The van der Waals surface area contributed by atoms with Crippen LogP contribution in [0.2, 0.25) is 0 Å². The third kappa shape index (κ3) is 4.46. The average molecular weight is 373 g/mol. The third-order valence-corrected chi connectivity index (χ3v) is 4.19. The first-order chi connectivity index (χ1) is 12.9. The Kier molecular flexibility index (Phi) is 5.44. The molecule has 2 aromatic rings. The maximum Gasteiger partial charge on any atom is 0.254 e. The summed E-state index contributed by atoms with van der Waals surface area (Å²) in [6.45, 7) is 0.498. The molecule has 2 N–H and O–H groups in total. The number of carbonyl (C=O) groups excluding carboxylic acids is 3. The van der Waals surface area contributed by atoms with Crippen LogP contribution in [0.1, 0.15) is 16.8 Å². The van der Waals surface area contributed by atoms with Crippen LogP contribution in [-0.4, -0.2) is 41.8 Å². The number of amides is 3. The number of anilines is 1. The molecule has 3 amide bonds. The van der Waals surface area contributed by atoms with Crippen molar-refractivity contribution in [2.75, 3.05) is 18.4 Å². The fraction of sp³-hybridized carbons (Fsp3) is 0.211. The molecule has 3 rings (SSSR count). The van der Waals surface area contributed by atoms with Crippen LogP contribution in [0.3, 0.4) is 0 Å². The molecule has 2 aromatic carbocycles. The predicted molar refractivity (Wildman–Crippen MR) is 93.9 cm³/mol. The molecule has 1 aliphatic rings. The van der Waals surface area contributed by atoms with E-state index in [4.69, 9.17) is 0 Å². The Balaban J connectivity index is 1.72. The van der Waals surface area contributed by atoms with Gasteiger partial charge in [0.1, 0.15) is 17.7 Å². The number of hydrogen-bond donors (Lipinski definition) is 2. The topological polar surface area (TPSA) is 78.5 Å². The Morgan fingerprint density at radius 3 is 2.26 bits per heavy atom. The van der Waals surface area contributed by atoms with Crippen LogP contribution in [0.4, 0.5) is 14.5 Å². The van der Waals surface area contributed by atoms with E-state index in [0.717, 1.165) is 12.1 Å². The van der Waals surface area contributed by atoms with Crippen molar-refractivity contribution in [3.05, 3.63) is 65.7 Å².